The summed E-state index contributed by atoms with van der Waals surface area (Å²) in [6, 6.07) is 3.74. The number of benzene rings is 1. The van der Waals surface area contributed by atoms with Crippen LogP contribution in [0.5, 0.6) is 5.75 Å². The Labute approximate surface area is 217 Å². The van der Waals surface area contributed by atoms with Crippen molar-refractivity contribution in [2.75, 3.05) is 75.4 Å². The van der Waals surface area contributed by atoms with Crippen molar-refractivity contribution in [3.63, 3.8) is 0 Å². The molecule has 0 unspecified atom stereocenters. The molecule has 0 aliphatic carbocycles. The van der Waals surface area contributed by atoms with Crippen LogP contribution in [0.4, 0.5) is 24.7 Å². The van der Waals surface area contributed by atoms with Crippen molar-refractivity contribution in [3.05, 3.63) is 34.7 Å². The third-order valence-electron chi connectivity index (χ3n) is 6.81. The van der Waals surface area contributed by atoms with Crippen LogP contribution in [0.25, 0.3) is 11.0 Å². The molecule has 0 saturated carbocycles. The van der Waals surface area contributed by atoms with E-state index in [0.29, 0.717) is 37.8 Å². The number of aromatic amines is 1. The molecule has 1 aromatic carbocycles. The number of morpholine rings is 1. The van der Waals surface area contributed by atoms with Crippen molar-refractivity contribution in [2.24, 2.45) is 0 Å². The van der Waals surface area contributed by atoms with Crippen LogP contribution in [-0.4, -0.2) is 90.7 Å². The molecule has 13 heteroatoms. The summed E-state index contributed by atoms with van der Waals surface area (Å²) < 4.78 is 52.1. The van der Waals surface area contributed by atoms with E-state index < -0.39 is 11.9 Å². The Morgan fingerprint density at radius 2 is 1.78 bits per heavy atom. The zero-order chi connectivity index (χ0) is 26.0. The third-order valence-corrected chi connectivity index (χ3v) is 7.03. The van der Waals surface area contributed by atoms with Gasteiger partial charge in [0.2, 0.25) is 0 Å². The number of anilines is 2. The van der Waals surface area contributed by atoms with Gasteiger partial charge in [-0.2, -0.15) is 18.3 Å². The lowest BCUT2D eigenvalue weighted by Gasteiger charge is -2.37. The Kier molecular flexibility index (Phi) is 7.59. The molecule has 37 heavy (non-hydrogen) atoms. The topological polar surface area (TPSA) is 82.6 Å². The lowest BCUT2D eigenvalue weighted by atomic mass is 10.1. The molecule has 2 aromatic heterocycles. The van der Waals surface area contributed by atoms with E-state index in [1.165, 1.54) is 6.33 Å². The zero-order valence-corrected chi connectivity index (χ0v) is 21.3. The molecular formula is C24H29ClF3N7O2. The van der Waals surface area contributed by atoms with Gasteiger partial charge in [0.15, 0.2) is 11.3 Å². The SMILES string of the molecule is Cc1c(OCCCN2CCOCC2)cc(Cl)cc1N1CCN(c2ncnc3n[nH]c(C(F)(F)F)c23)CC1. The number of ether oxygens (including phenoxy) is 2. The molecule has 2 aliphatic rings. The van der Waals surface area contributed by atoms with E-state index in [9.17, 15) is 13.2 Å². The van der Waals surface area contributed by atoms with Gasteiger partial charge >= 0.3 is 6.18 Å². The number of H-pyrrole nitrogens is 1. The molecule has 4 heterocycles. The average Bonchev–Trinajstić information content (AvgIpc) is 3.34. The quantitative estimate of drug-likeness (QED) is 0.455. The van der Waals surface area contributed by atoms with Crippen LogP contribution in [0, 0.1) is 6.92 Å². The maximum atomic E-state index is 13.5. The summed E-state index contributed by atoms with van der Waals surface area (Å²) in [5.41, 5.74) is 1.02. The molecule has 3 aromatic rings. The zero-order valence-electron chi connectivity index (χ0n) is 20.5. The first-order chi connectivity index (χ1) is 17.8. The van der Waals surface area contributed by atoms with E-state index in [2.05, 4.69) is 30.0 Å². The number of nitrogens with zero attached hydrogens (tertiary/aromatic N) is 6. The second-order valence-electron chi connectivity index (χ2n) is 9.17. The van der Waals surface area contributed by atoms with Gasteiger partial charge < -0.3 is 19.3 Å². The lowest BCUT2D eigenvalue weighted by molar-refractivity contribution is -0.139. The number of alkyl halides is 3. The predicted octanol–water partition coefficient (Wildman–Crippen LogP) is 3.76. The lowest BCUT2D eigenvalue weighted by Crippen LogP contribution is -2.47. The highest BCUT2D eigenvalue weighted by Gasteiger charge is 2.38. The van der Waals surface area contributed by atoms with Crippen molar-refractivity contribution in [1.82, 2.24) is 25.1 Å². The summed E-state index contributed by atoms with van der Waals surface area (Å²) in [5, 5.41) is 6.28. The fraction of sp³-hybridized carbons (Fsp3) is 0.542. The largest absolute Gasteiger partial charge is 0.493 e. The van der Waals surface area contributed by atoms with Gasteiger partial charge in [0.05, 0.1) is 25.2 Å². The second kappa shape index (κ2) is 10.9. The number of nitrogens with one attached hydrogen (secondary N) is 1. The minimum Gasteiger partial charge on any atom is -0.493 e. The second-order valence-corrected chi connectivity index (χ2v) is 9.61. The van der Waals surface area contributed by atoms with E-state index >= 15 is 0 Å². The van der Waals surface area contributed by atoms with Crippen LogP contribution in [-0.2, 0) is 10.9 Å². The Morgan fingerprint density at radius 3 is 2.51 bits per heavy atom. The number of piperazine rings is 1. The number of hydrogen-bond acceptors (Lipinski definition) is 8. The summed E-state index contributed by atoms with van der Waals surface area (Å²) in [6.45, 7) is 9.14. The normalized spacial score (nSPS) is 17.5. The molecular weight excluding hydrogens is 511 g/mol. The number of rotatable bonds is 7. The number of halogens is 4. The average molecular weight is 540 g/mol. The Bertz CT molecular complexity index is 1230. The molecule has 2 aliphatic heterocycles. The van der Waals surface area contributed by atoms with Gasteiger partial charge in [-0.15, -0.1) is 0 Å². The van der Waals surface area contributed by atoms with E-state index in [-0.39, 0.29) is 16.9 Å². The molecule has 0 radical (unpaired) electrons. The van der Waals surface area contributed by atoms with Gasteiger partial charge in [-0.3, -0.25) is 10.00 Å². The van der Waals surface area contributed by atoms with E-state index in [1.807, 2.05) is 24.0 Å². The summed E-state index contributed by atoms with van der Waals surface area (Å²) in [7, 11) is 0. The smallest absolute Gasteiger partial charge is 0.433 e. The van der Waals surface area contributed by atoms with E-state index in [1.54, 1.807) is 0 Å². The highest BCUT2D eigenvalue weighted by molar-refractivity contribution is 6.31. The van der Waals surface area contributed by atoms with E-state index in [4.69, 9.17) is 21.1 Å². The standard InChI is InChI=1S/C24H29ClF3N7O2/c1-16-18(13-17(25)14-19(16)37-10-2-3-33-8-11-36-12-9-33)34-4-6-35(7-5-34)23-20-21(24(26,27)28)31-32-22(20)29-15-30-23/h13-15H,2-12H2,1H3,(H,29,30,31,32). The summed E-state index contributed by atoms with van der Waals surface area (Å²) in [6.07, 6.45) is -2.43. The summed E-state index contributed by atoms with van der Waals surface area (Å²) in [4.78, 5) is 14.5. The highest BCUT2D eigenvalue weighted by Crippen LogP contribution is 2.37. The van der Waals surface area contributed by atoms with Gasteiger partial charge in [0, 0.05) is 62.1 Å². The van der Waals surface area contributed by atoms with Crippen molar-refractivity contribution >= 4 is 34.1 Å². The molecule has 0 atom stereocenters. The van der Waals surface area contributed by atoms with Gasteiger partial charge in [-0.05, 0) is 25.5 Å². The Morgan fingerprint density at radius 1 is 1.05 bits per heavy atom. The van der Waals surface area contributed by atoms with Crippen LogP contribution in [0.1, 0.15) is 17.7 Å². The number of fused-ring (bicyclic) bond motifs is 1. The molecule has 1 N–H and O–H groups in total. The highest BCUT2D eigenvalue weighted by atomic mass is 35.5. The number of aromatic nitrogens is 4. The van der Waals surface area contributed by atoms with Crippen LogP contribution < -0.4 is 14.5 Å². The first-order valence-electron chi connectivity index (χ1n) is 12.3. The van der Waals surface area contributed by atoms with Gasteiger partial charge in [0.25, 0.3) is 0 Å². The fourth-order valence-electron chi connectivity index (χ4n) is 4.86. The van der Waals surface area contributed by atoms with Crippen LogP contribution >= 0.6 is 11.6 Å². The first-order valence-corrected chi connectivity index (χ1v) is 12.7. The van der Waals surface area contributed by atoms with Crippen LogP contribution in [0.15, 0.2) is 18.5 Å². The molecule has 0 amide bonds. The van der Waals surface area contributed by atoms with Crippen molar-refractivity contribution < 1.29 is 22.6 Å². The molecule has 200 valence electrons. The minimum absolute atomic E-state index is 0.000788. The Balaban J connectivity index is 1.25. The maximum Gasteiger partial charge on any atom is 0.433 e. The summed E-state index contributed by atoms with van der Waals surface area (Å²) in [5.74, 6) is 0.982. The Hall–Kier alpha value is -2.83. The van der Waals surface area contributed by atoms with Crippen LogP contribution in [0.2, 0.25) is 5.02 Å². The summed E-state index contributed by atoms with van der Waals surface area (Å²) >= 11 is 6.44. The molecule has 5 rings (SSSR count). The molecule has 9 nitrogen and oxygen atoms in total. The third kappa shape index (κ3) is 5.70. The van der Waals surface area contributed by atoms with Crippen molar-refractivity contribution in [2.45, 2.75) is 19.5 Å². The maximum absolute atomic E-state index is 13.5. The number of hydrogen-bond donors (Lipinski definition) is 1. The first kappa shape index (κ1) is 25.8. The van der Waals surface area contributed by atoms with Crippen molar-refractivity contribution in [3.8, 4) is 5.75 Å². The molecule has 2 fully saturated rings. The fourth-order valence-corrected chi connectivity index (χ4v) is 5.06. The van der Waals surface area contributed by atoms with Crippen molar-refractivity contribution in [1.29, 1.82) is 0 Å². The van der Waals surface area contributed by atoms with E-state index in [0.717, 1.165) is 56.3 Å². The van der Waals surface area contributed by atoms with Crippen LogP contribution in [0.3, 0.4) is 0 Å². The molecule has 0 bridgehead atoms. The van der Waals surface area contributed by atoms with Gasteiger partial charge in [0.1, 0.15) is 17.9 Å². The van der Waals surface area contributed by atoms with Gasteiger partial charge in [-0.1, -0.05) is 11.6 Å². The molecule has 0 spiro atoms. The van der Waals surface area contributed by atoms with Gasteiger partial charge in [-0.25, -0.2) is 9.97 Å². The minimum atomic E-state index is -4.58. The predicted molar refractivity (Wildman–Crippen MR) is 135 cm³/mol. The monoisotopic (exact) mass is 539 g/mol. The molecule has 2 saturated heterocycles.